The van der Waals surface area contributed by atoms with E-state index in [1.807, 2.05) is 6.07 Å². The van der Waals surface area contributed by atoms with Crippen molar-refractivity contribution in [1.29, 1.82) is 5.26 Å². The lowest BCUT2D eigenvalue weighted by atomic mass is 10.1. The third-order valence-corrected chi connectivity index (χ3v) is 3.10. The molecule has 0 aliphatic rings. The van der Waals surface area contributed by atoms with Crippen molar-refractivity contribution in [2.45, 2.75) is 6.42 Å². The average Bonchev–Trinajstić information content (AvgIpc) is 2.50. The van der Waals surface area contributed by atoms with E-state index in [0.29, 0.717) is 16.8 Å². The molecule has 0 spiro atoms. The molecule has 2 aromatic rings. The van der Waals surface area contributed by atoms with E-state index in [1.165, 1.54) is 11.0 Å². The van der Waals surface area contributed by atoms with Gasteiger partial charge in [0.2, 0.25) is 5.91 Å². The van der Waals surface area contributed by atoms with Gasteiger partial charge in [-0.05, 0) is 42.0 Å². The molecular formula is C16H12F2N2O. The summed E-state index contributed by atoms with van der Waals surface area (Å²) in [5.74, 6) is -2.17. The molecule has 0 bridgehead atoms. The SMILES string of the molecule is CN(C(=O)Cc1ccc(F)c(F)c1)c1ccc(C#N)cc1. The van der Waals surface area contributed by atoms with Gasteiger partial charge in [-0.3, -0.25) is 4.79 Å². The number of hydrogen-bond donors (Lipinski definition) is 0. The Kier molecular flexibility index (Phi) is 4.29. The third kappa shape index (κ3) is 3.42. The predicted molar refractivity (Wildman–Crippen MR) is 74.6 cm³/mol. The molecule has 21 heavy (non-hydrogen) atoms. The molecule has 0 heterocycles. The summed E-state index contributed by atoms with van der Waals surface area (Å²) in [5, 5.41) is 8.72. The number of carbonyl (C=O) groups excluding carboxylic acids is 1. The molecular weight excluding hydrogens is 274 g/mol. The normalized spacial score (nSPS) is 10.0. The summed E-state index contributed by atoms with van der Waals surface area (Å²) in [5.41, 5.74) is 1.53. The molecule has 0 fully saturated rings. The van der Waals surface area contributed by atoms with Crippen LogP contribution in [-0.4, -0.2) is 13.0 Å². The molecule has 0 aliphatic carbocycles. The Morgan fingerprint density at radius 3 is 2.38 bits per heavy atom. The number of likely N-dealkylation sites (N-methyl/N-ethyl adjacent to an activating group) is 1. The van der Waals surface area contributed by atoms with Crippen molar-refractivity contribution in [2.24, 2.45) is 0 Å². The number of benzene rings is 2. The smallest absolute Gasteiger partial charge is 0.231 e. The first-order valence-corrected chi connectivity index (χ1v) is 6.22. The maximum Gasteiger partial charge on any atom is 0.231 e. The monoisotopic (exact) mass is 286 g/mol. The number of anilines is 1. The highest BCUT2D eigenvalue weighted by molar-refractivity contribution is 5.94. The minimum atomic E-state index is -0.971. The number of carbonyl (C=O) groups is 1. The maximum atomic E-state index is 13.1. The zero-order chi connectivity index (χ0) is 15.4. The highest BCUT2D eigenvalue weighted by atomic mass is 19.2. The first kappa shape index (κ1) is 14.7. The van der Waals surface area contributed by atoms with E-state index in [0.717, 1.165) is 12.1 Å². The van der Waals surface area contributed by atoms with Crippen LogP contribution in [0.15, 0.2) is 42.5 Å². The maximum absolute atomic E-state index is 13.1. The van der Waals surface area contributed by atoms with Gasteiger partial charge in [0.1, 0.15) is 0 Å². The Labute approximate surface area is 121 Å². The van der Waals surface area contributed by atoms with Gasteiger partial charge in [0.25, 0.3) is 0 Å². The summed E-state index contributed by atoms with van der Waals surface area (Å²) in [6, 6.07) is 11.9. The molecule has 2 rings (SSSR count). The van der Waals surface area contributed by atoms with Crippen molar-refractivity contribution < 1.29 is 13.6 Å². The molecule has 0 atom stereocenters. The fourth-order valence-corrected chi connectivity index (χ4v) is 1.85. The van der Waals surface area contributed by atoms with Crippen LogP contribution in [0, 0.1) is 23.0 Å². The quantitative estimate of drug-likeness (QED) is 0.870. The second kappa shape index (κ2) is 6.14. The molecule has 1 amide bonds. The summed E-state index contributed by atoms with van der Waals surface area (Å²) < 4.78 is 25.9. The molecule has 0 aromatic heterocycles. The Morgan fingerprint density at radius 1 is 1.14 bits per heavy atom. The molecule has 0 unspecified atom stereocenters. The Hall–Kier alpha value is -2.74. The van der Waals surface area contributed by atoms with Gasteiger partial charge in [-0.2, -0.15) is 5.26 Å². The fraction of sp³-hybridized carbons (Fsp3) is 0.125. The summed E-state index contributed by atoms with van der Waals surface area (Å²) in [6.07, 6.45) is -0.0340. The van der Waals surface area contributed by atoms with Crippen LogP contribution in [0.3, 0.4) is 0 Å². The Morgan fingerprint density at radius 2 is 1.81 bits per heavy atom. The molecule has 106 valence electrons. The van der Waals surface area contributed by atoms with Crippen LogP contribution in [0.5, 0.6) is 0 Å². The summed E-state index contributed by atoms with van der Waals surface area (Å²) in [4.78, 5) is 13.5. The van der Waals surface area contributed by atoms with Gasteiger partial charge < -0.3 is 4.90 Å². The van der Waals surface area contributed by atoms with Crippen LogP contribution in [0.2, 0.25) is 0 Å². The second-order valence-electron chi connectivity index (χ2n) is 4.54. The third-order valence-electron chi connectivity index (χ3n) is 3.10. The van der Waals surface area contributed by atoms with Crippen LogP contribution >= 0.6 is 0 Å². The fourth-order valence-electron chi connectivity index (χ4n) is 1.85. The van der Waals surface area contributed by atoms with Crippen LogP contribution in [-0.2, 0) is 11.2 Å². The van der Waals surface area contributed by atoms with Crippen LogP contribution in [0.1, 0.15) is 11.1 Å². The topological polar surface area (TPSA) is 44.1 Å². The first-order chi connectivity index (χ1) is 10.0. The number of nitriles is 1. The summed E-state index contributed by atoms with van der Waals surface area (Å²) in [6.45, 7) is 0. The van der Waals surface area contributed by atoms with E-state index < -0.39 is 11.6 Å². The molecule has 0 aliphatic heterocycles. The van der Waals surface area contributed by atoms with E-state index in [4.69, 9.17) is 5.26 Å². The van der Waals surface area contributed by atoms with Gasteiger partial charge >= 0.3 is 0 Å². The lowest BCUT2D eigenvalue weighted by Gasteiger charge is -2.17. The van der Waals surface area contributed by atoms with Crippen molar-refractivity contribution in [3.63, 3.8) is 0 Å². The number of hydrogen-bond acceptors (Lipinski definition) is 2. The molecule has 0 saturated carbocycles. The molecule has 0 N–H and O–H groups in total. The molecule has 0 saturated heterocycles. The number of rotatable bonds is 3. The van der Waals surface area contributed by atoms with E-state index in [9.17, 15) is 13.6 Å². The van der Waals surface area contributed by atoms with Gasteiger partial charge in [-0.15, -0.1) is 0 Å². The standard InChI is InChI=1S/C16H12F2N2O/c1-20(13-5-2-11(10-19)3-6-13)16(21)9-12-4-7-14(17)15(18)8-12/h2-8H,9H2,1H3. The number of halogens is 2. The lowest BCUT2D eigenvalue weighted by molar-refractivity contribution is -0.117. The highest BCUT2D eigenvalue weighted by Crippen LogP contribution is 2.16. The molecule has 5 heteroatoms. The van der Waals surface area contributed by atoms with Gasteiger partial charge in [0.15, 0.2) is 11.6 Å². The highest BCUT2D eigenvalue weighted by Gasteiger charge is 2.13. The van der Waals surface area contributed by atoms with E-state index >= 15 is 0 Å². The Bertz CT molecular complexity index is 705. The van der Waals surface area contributed by atoms with Crippen LogP contribution in [0.4, 0.5) is 14.5 Å². The largest absolute Gasteiger partial charge is 0.315 e. The number of nitrogens with zero attached hydrogens (tertiary/aromatic N) is 2. The van der Waals surface area contributed by atoms with Gasteiger partial charge in [-0.25, -0.2) is 8.78 Å². The van der Waals surface area contributed by atoms with Crippen molar-refractivity contribution in [1.82, 2.24) is 0 Å². The molecule has 0 radical (unpaired) electrons. The number of amides is 1. The minimum Gasteiger partial charge on any atom is -0.315 e. The van der Waals surface area contributed by atoms with E-state index in [1.54, 1.807) is 31.3 Å². The average molecular weight is 286 g/mol. The van der Waals surface area contributed by atoms with E-state index in [-0.39, 0.29) is 12.3 Å². The second-order valence-corrected chi connectivity index (χ2v) is 4.54. The van der Waals surface area contributed by atoms with Crippen molar-refractivity contribution in [3.05, 3.63) is 65.2 Å². The zero-order valence-corrected chi connectivity index (χ0v) is 11.3. The summed E-state index contributed by atoms with van der Waals surface area (Å²) >= 11 is 0. The molecule has 3 nitrogen and oxygen atoms in total. The zero-order valence-electron chi connectivity index (χ0n) is 11.3. The van der Waals surface area contributed by atoms with Gasteiger partial charge in [0.05, 0.1) is 18.1 Å². The van der Waals surface area contributed by atoms with Crippen LogP contribution in [0.25, 0.3) is 0 Å². The van der Waals surface area contributed by atoms with Gasteiger partial charge in [-0.1, -0.05) is 6.07 Å². The van der Waals surface area contributed by atoms with E-state index in [2.05, 4.69) is 0 Å². The molecule has 2 aromatic carbocycles. The van der Waals surface area contributed by atoms with Crippen molar-refractivity contribution in [3.8, 4) is 6.07 Å². The van der Waals surface area contributed by atoms with Crippen molar-refractivity contribution in [2.75, 3.05) is 11.9 Å². The minimum absolute atomic E-state index is 0.0340. The van der Waals surface area contributed by atoms with Crippen LogP contribution < -0.4 is 4.90 Å². The lowest BCUT2D eigenvalue weighted by Crippen LogP contribution is -2.27. The first-order valence-electron chi connectivity index (χ1n) is 6.22. The predicted octanol–water partition coefficient (Wildman–Crippen LogP) is 3.04. The summed E-state index contributed by atoms with van der Waals surface area (Å²) in [7, 11) is 1.59. The van der Waals surface area contributed by atoms with Gasteiger partial charge in [0, 0.05) is 12.7 Å². The van der Waals surface area contributed by atoms with Crippen molar-refractivity contribution >= 4 is 11.6 Å². The Balaban J connectivity index is 2.11.